The van der Waals surface area contributed by atoms with Crippen LogP contribution in [-0.4, -0.2) is 37.3 Å². The van der Waals surface area contributed by atoms with Crippen LogP contribution in [0.1, 0.15) is 41.2 Å². The van der Waals surface area contributed by atoms with Gasteiger partial charge in [-0.3, -0.25) is 14.4 Å². The van der Waals surface area contributed by atoms with Crippen molar-refractivity contribution >= 4 is 38.1 Å². The van der Waals surface area contributed by atoms with Crippen molar-refractivity contribution in [3.8, 4) is 0 Å². The number of anilines is 2. The van der Waals surface area contributed by atoms with E-state index in [1.807, 2.05) is 0 Å². The Morgan fingerprint density at radius 2 is 2.12 bits per heavy atom. The Bertz CT molecular complexity index is 922. The van der Waals surface area contributed by atoms with Crippen LogP contribution in [0, 0.1) is 5.92 Å². The van der Waals surface area contributed by atoms with Crippen LogP contribution in [0.3, 0.4) is 0 Å². The lowest BCUT2D eigenvalue weighted by Gasteiger charge is -2.29. The standard InChI is InChI=1S/C17H22N4O3S2/c1-11(2)9-15-19-20-17(25-15)18-16(22)13-6-7-14-12(10-13)5-4-8-21(14)26(3,23)24/h6-7,10-11H,4-5,8-9H2,1-3H3,(H,18,20,22). The summed E-state index contributed by atoms with van der Waals surface area (Å²) < 4.78 is 25.2. The second-order valence-corrected chi connectivity index (χ2v) is 9.80. The maximum atomic E-state index is 12.5. The number of nitrogens with zero attached hydrogens (tertiary/aromatic N) is 3. The van der Waals surface area contributed by atoms with Gasteiger partial charge < -0.3 is 0 Å². The summed E-state index contributed by atoms with van der Waals surface area (Å²) in [7, 11) is -3.31. The summed E-state index contributed by atoms with van der Waals surface area (Å²) in [6.07, 6.45) is 3.51. The molecule has 0 aliphatic carbocycles. The Balaban J connectivity index is 1.78. The van der Waals surface area contributed by atoms with Crippen LogP contribution in [0.2, 0.25) is 0 Å². The Labute approximate surface area is 157 Å². The molecule has 0 unspecified atom stereocenters. The molecule has 7 nitrogen and oxygen atoms in total. The summed E-state index contributed by atoms with van der Waals surface area (Å²) in [6.45, 7) is 4.68. The number of nitrogens with one attached hydrogen (secondary N) is 1. The number of amides is 1. The SMILES string of the molecule is CC(C)Cc1nnc(NC(=O)c2ccc3c(c2)CCCN3S(C)(=O)=O)s1. The van der Waals surface area contributed by atoms with E-state index in [1.165, 1.54) is 21.9 Å². The lowest BCUT2D eigenvalue weighted by molar-refractivity contribution is 0.102. The molecular formula is C17H22N4O3S2. The summed E-state index contributed by atoms with van der Waals surface area (Å²) >= 11 is 1.38. The topological polar surface area (TPSA) is 92.3 Å². The van der Waals surface area contributed by atoms with Gasteiger partial charge in [0, 0.05) is 18.5 Å². The van der Waals surface area contributed by atoms with Crippen LogP contribution in [0.15, 0.2) is 18.2 Å². The smallest absolute Gasteiger partial charge is 0.257 e. The number of aromatic nitrogens is 2. The number of carbonyl (C=O) groups is 1. The molecule has 0 radical (unpaired) electrons. The Morgan fingerprint density at radius 3 is 2.81 bits per heavy atom. The summed E-state index contributed by atoms with van der Waals surface area (Å²) in [5.41, 5.74) is 2.01. The van der Waals surface area contributed by atoms with E-state index in [0.29, 0.717) is 28.8 Å². The molecular weight excluding hydrogens is 372 g/mol. The highest BCUT2D eigenvalue weighted by Gasteiger charge is 2.24. The lowest BCUT2D eigenvalue weighted by atomic mass is 10.0. The van der Waals surface area contributed by atoms with E-state index < -0.39 is 10.0 Å². The molecule has 1 aliphatic rings. The minimum Gasteiger partial charge on any atom is -0.296 e. The highest BCUT2D eigenvalue weighted by atomic mass is 32.2. The highest BCUT2D eigenvalue weighted by molar-refractivity contribution is 7.92. The van der Waals surface area contributed by atoms with Crippen molar-refractivity contribution in [1.29, 1.82) is 0 Å². The number of hydrogen-bond donors (Lipinski definition) is 1. The van der Waals surface area contributed by atoms with Crippen LogP contribution < -0.4 is 9.62 Å². The number of carbonyl (C=O) groups excluding carboxylic acids is 1. The second-order valence-electron chi connectivity index (χ2n) is 6.84. The van der Waals surface area contributed by atoms with Crippen molar-refractivity contribution in [2.24, 2.45) is 5.92 Å². The van der Waals surface area contributed by atoms with Gasteiger partial charge in [0.1, 0.15) is 5.01 Å². The zero-order chi connectivity index (χ0) is 18.9. The van der Waals surface area contributed by atoms with E-state index in [4.69, 9.17) is 0 Å². The first kappa shape index (κ1) is 18.8. The summed E-state index contributed by atoms with van der Waals surface area (Å²) in [6, 6.07) is 5.11. The van der Waals surface area contributed by atoms with Gasteiger partial charge in [-0.05, 0) is 42.5 Å². The summed E-state index contributed by atoms with van der Waals surface area (Å²) in [5, 5.41) is 12.2. The van der Waals surface area contributed by atoms with Crippen molar-refractivity contribution in [2.75, 3.05) is 22.4 Å². The van der Waals surface area contributed by atoms with E-state index in [-0.39, 0.29) is 5.91 Å². The fraction of sp³-hybridized carbons (Fsp3) is 0.471. The molecule has 0 saturated carbocycles. The zero-order valence-corrected chi connectivity index (χ0v) is 16.7. The highest BCUT2D eigenvalue weighted by Crippen LogP contribution is 2.30. The molecule has 2 heterocycles. The summed E-state index contributed by atoms with van der Waals surface area (Å²) in [5.74, 6) is 0.210. The van der Waals surface area contributed by atoms with E-state index in [2.05, 4.69) is 29.4 Å². The van der Waals surface area contributed by atoms with Gasteiger partial charge in [-0.2, -0.15) is 0 Å². The molecule has 1 aromatic heterocycles. The average molecular weight is 395 g/mol. The molecule has 0 saturated heterocycles. The predicted octanol–water partition coefficient (Wildman–Crippen LogP) is 2.70. The minimum absolute atomic E-state index is 0.267. The average Bonchev–Trinajstić information content (AvgIpc) is 2.98. The maximum absolute atomic E-state index is 12.5. The molecule has 140 valence electrons. The van der Waals surface area contributed by atoms with Gasteiger partial charge in [-0.15, -0.1) is 10.2 Å². The van der Waals surface area contributed by atoms with Crippen LogP contribution in [0.25, 0.3) is 0 Å². The number of rotatable bonds is 5. The lowest BCUT2D eigenvalue weighted by Crippen LogP contribution is -2.34. The minimum atomic E-state index is -3.31. The van der Waals surface area contributed by atoms with Crippen LogP contribution in [-0.2, 0) is 22.9 Å². The van der Waals surface area contributed by atoms with Gasteiger partial charge in [0.15, 0.2) is 0 Å². The van der Waals surface area contributed by atoms with Crippen molar-refractivity contribution in [3.63, 3.8) is 0 Å². The molecule has 1 aromatic carbocycles. The maximum Gasteiger partial charge on any atom is 0.257 e. The largest absolute Gasteiger partial charge is 0.296 e. The number of sulfonamides is 1. The van der Waals surface area contributed by atoms with Crippen molar-refractivity contribution in [2.45, 2.75) is 33.1 Å². The fourth-order valence-corrected chi connectivity index (χ4v) is 4.90. The van der Waals surface area contributed by atoms with Gasteiger partial charge in [-0.1, -0.05) is 25.2 Å². The van der Waals surface area contributed by atoms with Crippen LogP contribution >= 0.6 is 11.3 Å². The molecule has 1 amide bonds. The normalized spacial score (nSPS) is 14.4. The first-order chi connectivity index (χ1) is 12.2. The van der Waals surface area contributed by atoms with Gasteiger partial charge in [0.2, 0.25) is 15.2 Å². The molecule has 0 spiro atoms. The van der Waals surface area contributed by atoms with Gasteiger partial charge in [0.05, 0.1) is 11.9 Å². The molecule has 0 atom stereocenters. The third kappa shape index (κ3) is 4.21. The molecule has 3 rings (SSSR count). The predicted molar refractivity (Wildman–Crippen MR) is 103 cm³/mol. The monoisotopic (exact) mass is 394 g/mol. The van der Waals surface area contributed by atoms with E-state index in [1.54, 1.807) is 18.2 Å². The summed E-state index contributed by atoms with van der Waals surface area (Å²) in [4.78, 5) is 12.5. The number of hydrogen-bond acceptors (Lipinski definition) is 6. The van der Waals surface area contributed by atoms with Gasteiger partial charge in [-0.25, -0.2) is 8.42 Å². The van der Waals surface area contributed by atoms with Crippen LogP contribution in [0.5, 0.6) is 0 Å². The Kier molecular flexibility index (Phi) is 5.29. The first-order valence-corrected chi connectivity index (χ1v) is 11.1. The molecule has 1 N–H and O–H groups in total. The van der Waals surface area contributed by atoms with E-state index >= 15 is 0 Å². The van der Waals surface area contributed by atoms with Gasteiger partial charge >= 0.3 is 0 Å². The zero-order valence-electron chi connectivity index (χ0n) is 15.0. The Hall–Kier alpha value is -2.00. The quantitative estimate of drug-likeness (QED) is 0.842. The van der Waals surface area contributed by atoms with Gasteiger partial charge in [0.25, 0.3) is 5.91 Å². The first-order valence-electron chi connectivity index (χ1n) is 8.48. The molecule has 9 heteroatoms. The van der Waals surface area contributed by atoms with Crippen LogP contribution in [0.4, 0.5) is 10.8 Å². The number of benzene rings is 1. The van der Waals surface area contributed by atoms with Crippen molar-refractivity contribution in [1.82, 2.24) is 10.2 Å². The molecule has 26 heavy (non-hydrogen) atoms. The second kappa shape index (κ2) is 7.32. The van der Waals surface area contributed by atoms with Crippen molar-refractivity contribution < 1.29 is 13.2 Å². The third-order valence-corrected chi connectivity index (χ3v) is 6.13. The molecule has 1 aliphatic heterocycles. The van der Waals surface area contributed by atoms with E-state index in [9.17, 15) is 13.2 Å². The molecule has 2 aromatic rings. The molecule has 0 fully saturated rings. The third-order valence-electron chi connectivity index (χ3n) is 4.09. The fourth-order valence-electron chi connectivity index (χ4n) is 2.95. The molecule has 0 bridgehead atoms. The van der Waals surface area contributed by atoms with Crippen molar-refractivity contribution in [3.05, 3.63) is 34.3 Å². The number of fused-ring (bicyclic) bond motifs is 1. The van der Waals surface area contributed by atoms with E-state index in [0.717, 1.165) is 29.8 Å². The number of aryl methyl sites for hydroxylation is 1. The Morgan fingerprint density at radius 1 is 1.35 bits per heavy atom.